The van der Waals surface area contributed by atoms with Crippen molar-refractivity contribution in [1.82, 2.24) is 0 Å². The Bertz CT molecular complexity index is 275. The normalized spacial score (nSPS) is 12.3. The van der Waals surface area contributed by atoms with Gasteiger partial charge in [0.15, 0.2) is 0 Å². The van der Waals surface area contributed by atoms with Crippen molar-refractivity contribution in [2.75, 3.05) is 0 Å². The van der Waals surface area contributed by atoms with Crippen LogP contribution < -0.4 is 29.6 Å². The molecule has 0 radical (unpaired) electrons. The molecular weight excluding hydrogens is 327 g/mol. The third kappa shape index (κ3) is 3.56. The van der Waals surface area contributed by atoms with Crippen LogP contribution in [-0.4, -0.2) is 8.76 Å². The average Bonchev–Trinajstić information content (AvgIpc) is 2.10. The van der Waals surface area contributed by atoms with Gasteiger partial charge in [0, 0.05) is 0 Å². The van der Waals surface area contributed by atoms with Crippen LogP contribution >= 0.6 is 43.2 Å². The molecule has 0 aliphatic rings. The summed E-state index contributed by atoms with van der Waals surface area (Å²) in [5.41, 5.74) is 0. The van der Waals surface area contributed by atoms with Crippen molar-refractivity contribution in [1.29, 1.82) is 0 Å². The quantitative estimate of drug-likeness (QED) is 0.516. The molecule has 0 spiro atoms. The van der Waals surface area contributed by atoms with Crippen molar-refractivity contribution in [3.8, 4) is 0 Å². The summed E-state index contributed by atoms with van der Waals surface area (Å²) >= 11 is 5.48. The third-order valence-corrected chi connectivity index (χ3v) is 4.22. The van der Waals surface area contributed by atoms with Crippen LogP contribution in [0.4, 0.5) is 0 Å². The first-order valence-corrected chi connectivity index (χ1v) is 5.63. The van der Waals surface area contributed by atoms with Crippen LogP contribution in [0, 0.1) is 0 Å². The number of halogens is 2. The molecule has 1 heterocycles. The van der Waals surface area contributed by atoms with Crippen molar-refractivity contribution in [3.63, 3.8) is 0 Å². The zero-order chi connectivity index (χ0) is 7.72. The molecule has 0 aromatic carbocycles. The van der Waals surface area contributed by atoms with Crippen molar-refractivity contribution in [2.45, 2.75) is 4.90 Å². The van der Waals surface area contributed by atoms with Crippen molar-refractivity contribution >= 4 is 54.3 Å². The molecule has 0 bridgehead atoms. The maximum absolute atomic E-state index is 10.4. The molecule has 1 aromatic rings. The maximum atomic E-state index is 10.4. The summed E-state index contributed by atoms with van der Waals surface area (Å²) in [7, 11) is 0. The summed E-state index contributed by atoms with van der Waals surface area (Å²) in [4.78, 5) is 0.303. The molecule has 2 nitrogen and oxygen atoms in total. The second-order valence-corrected chi connectivity index (χ2v) is 6.08. The van der Waals surface area contributed by atoms with E-state index < -0.39 is 11.1 Å². The van der Waals surface area contributed by atoms with Crippen LogP contribution in [-0.2, 0) is 11.1 Å². The van der Waals surface area contributed by atoms with E-state index in [1.807, 2.05) is 0 Å². The van der Waals surface area contributed by atoms with Crippen molar-refractivity contribution < 1.29 is 38.3 Å². The smallest absolute Gasteiger partial charge is 0.768 e. The second-order valence-electron chi connectivity index (χ2n) is 1.42. The molecule has 11 heavy (non-hydrogen) atoms. The van der Waals surface area contributed by atoms with E-state index in [0.29, 0.717) is 8.68 Å². The minimum absolute atomic E-state index is 0. The fourth-order valence-corrected chi connectivity index (χ4v) is 4.25. The van der Waals surface area contributed by atoms with E-state index in [-0.39, 0.29) is 29.6 Å². The molecule has 7 heteroatoms. The Balaban J connectivity index is 0.000001000. The van der Waals surface area contributed by atoms with Crippen molar-refractivity contribution in [3.05, 3.63) is 13.6 Å². The molecule has 0 N–H and O–H groups in total. The molecule has 0 fully saturated rings. The van der Waals surface area contributed by atoms with Crippen LogP contribution in [0.5, 0.6) is 0 Å². The first-order chi connectivity index (χ1) is 4.61. The minimum atomic E-state index is -2.14. The van der Waals surface area contributed by atoms with Crippen molar-refractivity contribution in [2.24, 2.45) is 0 Å². The molecule has 1 rings (SSSR count). The number of hydrogen-bond acceptors (Lipinski definition) is 3. The van der Waals surface area contributed by atoms with Gasteiger partial charge in [-0.3, -0.25) is 4.21 Å². The van der Waals surface area contributed by atoms with E-state index in [0.717, 1.165) is 3.79 Å². The maximum Gasteiger partial charge on any atom is 1.00 e. The van der Waals surface area contributed by atoms with Gasteiger partial charge in [-0.05, 0) is 49.0 Å². The van der Waals surface area contributed by atoms with E-state index in [4.69, 9.17) is 0 Å². The minimum Gasteiger partial charge on any atom is -0.768 e. The molecule has 1 aromatic heterocycles. The summed E-state index contributed by atoms with van der Waals surface area (Å²) in [6.45, 7) is 0. The Kier molecular flexibility index (Phi) is 6.37. The van der Waals surface area contributed by atoms with Gasteiger partial charge in [-0.1, -0.05) is 0 Å². The van der Waals surface area contributed by atoms with Gasteiger partial charge in [0.1, 0.15) is 0 Å². The topological polar surface area (TPSA) is 40.1 Å². The number of thiophene rings is 1. The van der Waals surface area contributed by atoms with Gasteiger partial charge in [-0.25, -0.2) is 0 Å². The molecule has 0 saturated carbocycles. The summed E-state index contributed by atoms with van der Waals surface area (Å²) in [6.07, 6.45) is 0. The second kappa shape index (κ2) is 5.49. The van der Waals surface area contributed by atoms with E-state index in [1.54, 1.807) is 6.07 Å². The zero-order valence-electron chi connectivity index (χ0n) is 5.47. The molecule has 0 aliphatic carbocycles. The standard InChI is InChI=1S/C4H2Br2O2S2.Na/c5-3-1-2(10(7)8)4(6)9-3;/h1H,(H,7,8);/q;+1/p-1. The van der Waals surface area contributed by atoms with Gasteiger partial charge >= 0.3 is 29.6 Å². The predicted octanol–water partition coefficient (Wildman–Crippen LogP) is -0.485. The Morgan fingerprint density at radius 3 is 2.27 bits per heavy atom. The van der Waals surface area contributed by atoms with E-state index in [9.17, 15) is 8.76 Å². The molecule has 0 aliphatic heterocycles. The molecule has 0 saturated heterocycles. The molecule has 1 atom stereocenters. The van der Waals surface area contributed by atoms with E-state index in [1.165, 1.54) is 11.3 Å². The molecule has 56 valence electrons. The Labute approximate surface area is 110 Å². The number of hydrogen-bond donors (Lipinski definition) is 0. The first-order valence-electron chi connectivity index (χ1n) is 2.15. The van der Waals surface area contributed by atoms with Gasteiger partial charge in [-0.2, -0.15) is 0 Å². The van der Waals surface area contributed by atoms with Crippen LogP contribution in [0.2, 0.25) is 0 Å². The summed E-state index contributed by atoms with van der Waals surface area (Å²) in [6, 6.07) is 1.55. The van der Waals surface area contributed by atoms with Gasteiger partial charge in [0.05, 0.1) is 12.5 Å². The van der Waals surface area contributed by atoms with Gasteiger partial charge in [0.25, 0.3) is 0 Å². The van der Waals surface area contributed by atoms with E-state index >= 15 is 0 Å². The van der Waals surface area contributed by atoms with Crippen LogP contribution in [0.3, 0.4) is 0 Å². The van der Waals surface area contributed by atoms with Gasteiger partial charge in [-0.15, -0.1) is 11.3 Å². The zero-order valence-corrected chi connectivity index (χ0v) is 12.3. The fraction of sp³-hybridized carbons (Fsp3) is 0. The van der Waals surface area contributed by atoms with Gasteiger partial charge < -0.3 is 4.55 Å². The van der Waals surface area contributed by atoms with Gasteiger partial charge in [0.2, 0.25) is 0 Å². The van der Waals surface area contributed by atoms with E-state index in [2.05, 4.69) is 31.9 Å². The number of rotatable bonds is 1. The predicted molar refractivity (Wildman–Crippen MR) is 46.9 cm³/mol. The SMILES string of the molecule is O=S([O-])c1cc(Br)sc1Br.[Na+]. The Morgan fingerprint density at radius 2 is 2.09 bits per heavy atom. The summed E-state index contributed by atoms with van der Waals surface area (Å²) in [5, 5.41) is 0. The Morgan fingerprint density at radius 1 is 1.55 bits per heavy atom. The monoisotopic (exact) mass is 326 g/mol. The Hall–Kier alpha value is 1.77. The third-order valence-electron chi connectivity index (χ3n) is 0.805. The average molecular weight is 328 g/mol. The molecule has 1 unspecified atom stereocenters. The fourth-order valence-electron chi connectivity index (χ4n) is 0.439. The van der Waals surface area contributed by atoms with Crippen LogP contribution in [0.1, 0.15) is 0 Å². The largest absolute Gasteiger partial charge is 1.00 e. The van der Waals surface area contributed by atoms with Crippen LogP contribution in [0.15, 0.2) is 18.5 Å². The molecular formula is C4HBr2NaO2S2. The summed E-state index contributed by atoms with van der Waals surface area (Å²) < 4.78 is 22.2. The first kappa shape index (κ1) is 12.8. The van der Waals surface area contributed by atoms with Crippen LogP contribution in [0.25, 0.3) is 0 Å². The summed E-state index contributed by atoms with van der Waals surface area (Å²) in [5.74, 6) is 0. The molecule has 0 amide bonds.